The van der Waals surface area contributed by atoms with Crippen molar-refractivity contribution in [2.24, 2.45) is 0 Å². The predicted molar refractivity (Wildman–Crippen MR) is 121 cm³/mol. The van der Waals surface area contributed by atoms with Gasteiger partial charge >= 0.3 is 11.9 Å². The van der Waals surface area contributed by atoms with Gasteiger partial charge in [0.2, 0.25) is 5.91 Å². The molecule has 8 nitrogen and oxygen atoms in total. The van der Waals surface area contributed by atoms with Crippen molar-refractivity contribution in [2.75, 3.05) is 23.8 Å². The number of anilines is 2. The Bertz CT molecular complexity index is 975. The fraction of sp³-hybridized carbons (Fsp3) is 0.304. The lowest BCUT2D eigenvalue weighted by Gasteiger charge is -2.08. The second-order valence-electron chi connectivity index (χ2n) is 6.87. The number of halogens is 1. The molecule has 0 aliphatic carbocycles. The molecule has 0 bridgehead atoms. The lowest BCUT2D eigenvalue weighted by molar-refractivity contribution is -0.147. The summed E-state index contributed by atoms with van der Waals surface area (Å²) in [5.41, 5.74) is 2.31. The van der Waals surface area contributed by atoms with Crippen LogP contribution in [0.25, 0.3) is 0 Å². The fourth-order valence-corrected chi connectivity index (χ4v) is 2.79. The highest BCUT2D eigenvalue weighted by molar-refractivity contribution is 6.31. The van der Waals surface area contributed by atoms with Crippen LogP contribution in [-0.4, -0.2) is 37.0 Å². The number of nitrogens with one attached hydrogen (secondary N) is 2. The molecular formula is C23H25ClN2O6. The molecular weight excluding hydrogens is 436 g/mol. The second-order valence-corrected chi connectivity index (χ2v) is 7.28. The summed E-state index contributed by atoms with van der Waals surface area (Å²) in [7, 11) is 0. The van der Waals surface area contributed by atoms with Gasteiger partial charge in [-0.25, -0.2) is 4.79 Å². The third-order valence-corrected chi connectivity index (χ3v) is 4.69. The summed E-state index contributed by atoms with van der Waals surface area (Å²) in [6.07, 6.45) is 0.364. The molecule has 2 aromatic rings. The zero-order valence-electron chi connectivity index (χ0n) is 17.9. The van der Waals surface area contributed by atoms with E-state index in [0.29, 0.717) is 22.0 Å². The third kappa shape index (κ3) is 8.39. The van der Waals surface area contributed by atoms with E-state index in [2.05, 4.69) is 10.6 Å². The Hall–Kier alpha value is -3.39. The molecule has 0 heterocycles. The Balaban J connectivity index is 1.65. The van der Waals surface area contributed by atoms with Crippen LogP contribution in [0.4, 0.5) is 11.4 Å². The number of hydrogen-bond donors (Lipinski definition) is 2. The van der Waals surface area contributed by atoms with E-state index in [-0.39, 0.29) is 31.8 Å². The van der Waals surface area contributed by atoms with Gasteiger partial charge in [0.05, 0.1) is 12.2 Å². The predicted octanol–water partition coefficient (Wildman–Crippen LogP) is 4.12. The molecule has 170 valence electrons. The first-order valence-electron chi connectivity index (χ1n) is 10.1. The highest BCUT2D eigenvalue weighted by Gasteiger charge is 2.11. The fourth-order valence-electron chi connectivity index (χ4n) is 2.61. The zero-order valence-corrected chi connectivity index (χ0v) is 18.7. The normalized spacial score (nSPS) is 10.2. The number of hydrogen-bond acceptors (Lipinski definition) is 6. The number of benzene rings is 2. The van der Waals surface area contributed by atoms with Gasteiger partial charge in [-0.05, 0) is 62.2 Å². The van der Waals surface area contributed by atoms with Crippen LogP contribution in [0.5, 0.6) is 0 Å². The Kier molecular flexibility index (Phi) is 9.69. The van der Waals surface area contributed by atoms with E-state index in [9.17, 15) is 19.2 Å². The Morgan fingerprint density at radius 3 is 2.19 bits per heavy atom. The van der Waals surface area contributed by atoms with E-state index in [0.717, 1.165) is 5.56 Å². The van der Waals surface area contributed by atoms with Crippen molar-refractivity contribution >= 4 is 46.7 Å². The van der Waals surface area contributed by atoms with Crippen LogP contribution in [-0.2, 0) is 23.9 Å². The molecule has 2 rings (SSSR count). The summed E-state index contributed by atoms with van der Waals surface area (Å²) < 4.78 is 9.82. The van der Waals surface area contributed by atoms with Crippen molar-refractivity contribution < 1.29 is 28.7 Å². The SMILES string of the molecule is CCOC(=O)c1ccc(NC(=O)CCCC(=O)OCC(=O)Nc2ccc(C)c(Cl)c2)cc1. The van der Waals surface area contributed by atoms with Crippen LogP contribution in [0.3, 0.4) is 0 Å². The van der Waals surface area contributed by atoms with Gasteiger partial charge in [-0.3, -0.25) is 14.4 Å². The van der Waals surface area contributed by atoms with Gasteiger partial charge in [-0.1, -0.05) is 17.7 Å². The standard InChI is InChI=1S/C23H25ClN2O6/c1-3-31-23(30)16-8-11-17(12-9-16)25-20(27)5-4-6-22(29)32-14-21(28)26-18-10-7-15(2)19(24)13-18/h7-13H,3-6,14H2,1-2H3,(H,25,27)(H,26,28). The molecule has 0 atom stereocenters. The van der Waals surface area contributed by atoms with Crippen LogP contribution < -0.4 is 10.6 Å². The van der Waals surface area contributed by atoms with Crippen molar-refractivity contribution in [1.82, 2.24) is 0 Å². The summed E-state index contributed by atoms with van der Waals surface area (Å²) >= 11 is 6.00. The number of rotatable bonds is 10. The van der Waals surface area contributed by atoms with Gasteiger partial charge in [0.25, 0.3) is 5.91 Å². The molecule has 0 aliphatic heterocycles. The quantitative estimate of drug-likeness (QED) is 0.516. The van der Waals surface area contributed by atoms with Crippen LogP contribution in [0.15, 0.2) is 42.5 Å². The minimum atomic E-state index is -0.575. The lowest BCUT2D eigenvalue weighted by Crippen LogP contribution is -2.21. The zero-order chi connectivity index (χ0) is 23.5. The van der Waals surface area contributed by atoms with Gasteiger partial charge in [0.15, 0.2) is 6.61 Å². The number of carbonyl (C=O) groups is 4. The maximum Gasteiger partial charge on any atom is 0.338 e. The van der Waals surface area contributed by atoms with Gasteiger partial charge in [-0.15, -0.1) is 0 Å². The molecule has 0 unspecified atom stereocenters. The van der Waals surface area contributed by atoms with Gasteiger partial charge in [0, 0.05) is 29.2 Å². The molecule has 0 spiro atoms. The van der Waals surface area contributed by atoms with Gasteiger partial charge in [-0.2, -0.15) is 0 Å². The molecule has 0 saturated carbocycles. The number of esters is 2. The van der Waals surface area contributed by atoms with Gasteiger partial charge < -0.3 is 20.1 Å². The molecule has 0 aromatic heterocycles. The van der Waals surface area contributed by atoms with Crippen LogP contribution >= 0.6 is 11.6 Å². The summed E-state index contributed by atoms with van der Waals surface area (Å²) in [5.74, 6) is -1.77. The van der Waals surface area contributed by atoms with Crippen molar-refractivity contribution in [2.45, 2.75) is 33.1 Å². The molecule has 32 heavy (non-hydrogen) atoms. The molecule has 0 aliphatic rings. The molecule has 2 amide bonds. The van der Waals surface area contributed by atoms with Crippen molar-refractivity contribution in [3.05, 3.63) is 58.6 Å². The average molecular weight is 461 g/mol. The molecule has 0 fully saturated rings. The third-order valence-electron chi connectivity index (χ3n) is 4.28. The Morgan fingerprint density at radius 2 is 1.53 bits per heavy atom. The van der Waals surface area contributed by atoms with Crippen LogP contribution in [0.2, 0.25) is 5.02 Å². The molecule has 2 aromatic carbocycles. The summed E-state index contributed by atoms with van der Waals surface area (Å²) in [6, 6.07) is 11.4. The minimum absolute atomic E-state index is 0.00113. The van der Waals surface area contributed by atoms with E-state index < -0.39 is 24.5 Å². The van der Waals surface area contributed by atoms with Crippen molar-refractivity contribution in [3.8, 4) is 0 Å². The number of amides is 2. The molecule has 0 saturated heterocycles. The largest absolute Gasteiger partial charge is 0.462 e. The average Bonchev–Trinajstić information content (AvgIpc) is 2.75. The number of ether oxygens (including phenoxy) is 2. The first-order valence-corrected chi connectivity index (χ1v) is 10.4. The minimum Gasteiger partial charge on any atom is -0.462 e. The highest BCUT2D eigenvalue weighted by Crippen LogP contribution is 2.19. The summed E-state index contributed by atoms with van der Waals surface area (Å²) in [6.45, 7) is 3.42. The summed E-state index contributed by atoms with van der Waals surface area (Å²) in [5, 5.41) is 5.79. The number of aryl methyl sites for hydroxylation is 1. The molecule has 0 radical (unpaired) electrons. The number of carbonyl (C=O) groups excluding carboxylic acids is 4. The second kappa shape index (κ2) is 12.5. The monoisotopic (exact) mass is 460 g/mol. The van der Waals surface area contributed by atoms with Crippen LogP contribution in [0, 0.1) is 6.92 Å². The van der Waals surface area contributed by atoms with Crippen molar-refractivity contribution in [1.29, 1.82) is 0 Å². The van der Waals surface area contributed by atoms with E-state index in [1.165, 1.54) is 0 Å². The van der Waals surface area contributed by atoms with Crippen LogP contribution in [0.1, 0.15) is 42.1 Å². The first kappa shape index (κ1) is 24.9. The topological polar surface area (TPSA) is 111 Å². The van der Waals surface area contributed by atoms with E-state index >= 15 is 0 Å². The van der Waals surface area contributed by atoms with E-state index in [1.54, 1.807) is 49.4 Å². The van der Waals surface area contributed by atoms with Crippen molar-refractivity contribution in [3.63, 3.8) is 0 Å². The molecule has 9 heteroatoms. The van der Waals surface area contributed by atoms with E-state index in [1.807, 2.05) is 6.92 Å². The van der Waals surface area contributed by atoms with Gasteiger partial charge in [0.1, 0.15) is 0 Å². The first-order chi connectivity index (χ1) is 15.3. The highest BCUT2D eigenvalue weighted by atomic mass is 35.5. The maximum absolute atomic E-state index is 12.0. The summed E-state index contributed by atoms with van der Waals surface area (Å²) in [4.78, 5) is 47.3. The molecule has 2 N–H and O–H groups in total. The maximum atomic E-state index is 12.0. The lowest BCUT2D eigenvalue weighted by atomic mass is 10.2. The Morgan fingerprint density at radius 1 is 0.875 bits per heavy atom. The Labute approximate surface area is 191 Å². The smallest absolute Gasteiger partial charge is 0.338 e. The van der Waals surface area contributed by atoms with E-state index in [4.69, 9.17) is 21.1 Å².